The third-order valence-corrected chi connectivity index (χ3v) is 11.5. The predicted octanol–water partition coefficient (Wildman–Crippen LogP) is 6.63. The number of carbonyl (C=O) groups is 2. The van der Waals surface area contributed by atoms with Crippen molar-refractivity contribution in [1.82, 2.24) is 19.8 Å². The van der Waals surface area contributed by atoms with Gasteiger partial charge in [-0.15, -0.1) is 0 Å². The second-order valence-electron chi connectivity index (χ2n) is 14.3. The summed E-state index contributed by atoms with van der Waals surface area (Å²) in [5.74, 6) is 0.684. The number of halogens is 4. The molecule has 2 aromatic carbocycles. The van der Waals surface area contributed by atoms with Crippen LogP contribution in [0.1, 0.15) is 49.7 Å². The average Bonchev–Trinajstić information content (AvgIpc) is 3.15. The molecule has 10 nitrogen and oxygen atoms in total. The molecule has 0 bridgehead atoms. The number of hydrogen-bond donors (Lipinski definition) is 2. The third-order valence-electron chi connectivity index (χ3n) is 11.1. The van der Waals surface area contributed by atoms with Gasteiger partial charge in [-0.25, -0.2) is 0 Å². The summed E-state index contributed by atoms with van der Waals surface area (Å²) in [4.78, 5) is 44.7. The van der Waals surface area contributed by atoms with E-state index in [4.69, 9.17) is 16.3 Å². The van der Waals surface area contributed by atoms with Crippen molar-refractivity contribution in [3.63, 3.8) is 0 Å². The standard InChI is InChI=1S/C39H42ClF3N6O4/c1-47-21-29(27-7-12-44-20-28(27)38(47)52)25-17-32(40)30(35(18-25)53-2)22-48-13-8-23(9-14-48)24-10-15-49(16-11-24)34-5-3-26(19-31(34)39(41,42)43)45-33-4-6-36(50)46-37(33)51/h3,5,7,12,17-21,23-24,33,45H,4,6,8-11,13-16,22H2,1-2H3,(H,46,50,51). The van der Waals surface area contributed by atoms with Crippen LogP contribution < -0.4 is 25.8 Å². The van der Waals surface area contributed by atoms with Crippen LogP contribution in [-0.2, 0) is 29.4 Å². The quantitative estimate of drug-likeness (QED) is 0.194. The van der Waals surface area contributed by atoms with Crippen molar-refractivity contribution in [2.24, 2.45) is 18.9 Å². The first-order chi connectivity index (χ1) is 25.4. The number of nitrogens with zero attached hydrogens (tertiary/aromatic N) is 4. The van der Waals surface area contributed by atoms with E-state index in [1.165, 1.54) is 6.07 Å². The monoisotopic (exact) mass is 750 g/mol. The maximum Gasteiger partial charge on any atom is 0.418 e. The van der Waals surface area contributed by atoms with Crippen molar-refractivity contribution < 1.29 is 27.5 Å². The molecule has 3 saturated heterocycles. The lowest BCUT2D eigenvalue weighted by Gasteiger charge is -2.41. The molecule has 1 atom stereocenters. The number of ether oxygens (including phenoxy) is 1. The number of pyridine rings is 2. The second-order valence-corrected chi connectivity index (χ2v) is 14.7. The van der Waals surface area contributed by atoms with Gasteiger partial charge in [0, 0.05) is 79.2 Å². The highest BCUT2D eigenvalue weighted by atomic mass is 35.5. The molecule has 3 aliphatic heterocycles. The van der Waals surface area contributed by atoms with Crippen molar-refractivity contribution in [3.8, 4) is 16.9 Å². The number of rotatable bonds is 8. The molecule has 53 heavy (non-hydrogen) atoms. The highest BCUT2D eigenvalue weighted by Crippen LogP contribution is 2.42. The van der Waals surface area contributed by atoms with Gasteiger partial charge in [0.25, 0.3) is 5.56 Å². The van der Waals surface area contributed by atoms with Gasteiger partial charge in [-0.2, -0.15) is 13.2 Å². The molecule has 14 heteroatoms. The van der Waals surface area contributed by atoms with E-state index in [1.54, 1.807) is 43.4 Å². The van der Waals surface area contributed by atoms with Crippen LogP contribution in [0.4, 0.5) is 24.5 Å². The maximum absolute atomic E-state index is 14.3. The van der Waals surface area contributed by atoms with Gasteiger partial charge in [0.05, 0.1) is 18.1 Å². The lowest BCUT2D eigenvalue weighted by molar-refractivity contribution is -0.137. The van der Waals surface area contributed by atoms with E-state index >= 15 is 0 Å². The SMILES string of the molecule is COc1cc(-c2cn(C)c(=O)c3cnccc23)cc(Cl)c1CN1CCC(C2CCN(c3ccc(NC4CCC(=O)NC4=O)cc3C(F)(F)F)CC2)CC1. The smallest absolute Gasteiger partial charge is 0.418 e. The predicted molar refractivity (Wildman–Crippen MR) is 198 cm³/mol. The van der Waals surface area contributed by atoms with E-state index in [0.29, 0.717) is 47.6 Å². The minimum atomic E-state index is -4.57. The number of likely N-dealkylation sites (tertiary alicyclic amines) is 1. The number of aryl methyl sites for hydroxylation is 1. The number of benzene rings is 2. The van der Waals surface area contributed by atoms with Crippen LogP contribution in [0.3, 0.4) is 0 Å². The Morgan fingerprint density at radius 3 is 2.36 bits per heavy atom. The fourth-order valence-electron chi connectivity index (χ4n) is 8.22. The average molecular weight is 751 g/mol. The highest BCUT2D eigenvalue weighted by molar-refractivity contribution is 6.32. The van der Waals surface area contributed by atoms with Crippen LogP contribution in [0, 0.1) is 11.8 Å². The van der Waals surface area contributed by atoms with Gasteiger partial charge in [0.15, 0.2) is 0 Å². The number of alkyl halides is 3. The third kappa shape index (κ3) is 7.73. The molecule has 1 unspecified atom stereocenters. The van der Waals surface area contributed by atoms with Crippen LogP contribution >= 0.6 is 11.6 Å². The zero-order valence-corrected chi connectivity index (χ0v) is 30.4. The van der Waals surface area contributed by atoms with Gasteiger partial charge in [0.2, 0.25) is 11.8 Å². The van der Waals surface area contributed by atoms with E-state index in [9.17, 15) is 27.6 Å². The van der Waals surface area contributed by atoms with E-state index < -0.39 is 23.7 Å². The summed E-state index contributed by atoms with van der Waals surface area (Å²) in [7, 11) is 3.35. The summed E-state index contributed by atoms with van der Waals surface area (Å²) < 4.78 is 50.3. The first-order valence-corrected chi connectivity index (χ1v) is 18.4. The zero-order chi connectivity index (χ0) is 37.4. The Bertz CT molecular complexity index is 2090. The fraction of sp³-hybridized carbons (Fsp3) is 0.436. The van der Waals surface area contributed by atoms with Crippen molar-refractivity contribution in [2.45, 2.75) is 57.3 Å². The summed E-state index contributed by atoms with van der Waals surface area (Å²) >= 11 is 6.93. The van der Waals surface area contributed by atoms with E-state index in [-0.39, 0.29) is 35.7 Å². The van der Waals surface area contributed by atoms with E-state index in [2.05, 4.69) is 20.5 Å². The number of nitrogens with one attached hydrogen (secondary N) is 2. The molecule has 4 aromatic rings. The van der Waals surface area contributed by atoms with Crippen LogP contribution in [0.15, 0.2) is 59.8 Å². The number of amides is 2. The van der Waals surface area contributed by atoms with Gasteiger partial charge in [0.1, 0.15) is 11.8 Å². The van der Waals surface area contributed by atoms with Crippen molar-refractivity contribution in [2.75, 3.05) is 43.5 Å². The van der Waals surface area contributed by atoms with Crippen molar-refractivity contribution >= 4 is 45.6 Å². The molecule has 3 aliphatic rings. The van der Waals surface area contributed by atoms with Crippen LogP contribution in [0.2, 0.25) is 5.02 Å². The van der Waals surface area contributed by atoms with Crippen LogP contribution in [0.5, 0.6) is 5.75 Å². The Labute approximate surface area is 310 Å². The second kappa shape index (κ2) is 15.0. The summed E-state index contributed by atoms with van der Waals surface area (Å²) in [5, 5.41) is 7.01. The molecule has 2 N–H and O–H groups in total. The van der Waals surface area contributed by atoms with Gasteiger partial charge in [-0.1, -0.05) is 11.6 Å². The topological polar surface area (TPSA) is 109 Å². The maximum atomic E-state index is 14.3. The first-order valence-electron chi connectivity index (χ1n) is 18.0. The molecular weight excluding hydrogens is 709 g/mol. The largest absolute Gasteiger partial charge is 0.496 e. The van der Waals surface area contributed by atoms with Gasteiger partial charge < -0.3 is 19.5 Å². The molecule has 0 spiro atoms. The number of anilines is 2. The molecule has 3 fully saturated rings. The van der Waals surface area contributed by atoms with E-state index in [0.717, 1.165) is 66.9 Å². The first kappa shape index (κ1) is 36.7. The normalized spacial score (nSPS) is 19.4. The number of hydrogen-bond acceptors (Lipinski definition) is 8. The summed E-state index contributed by atoms with van der Waals surface area (Å²) in [6, 6.07) is 9.09. The Morgan fingerprint density at radius 2 is 1.68 bits per heavy atom. The number of carbonyl (C=O) groups excluding carboxylic acids is 2. The van der Waals surface area contributed by atoms with Crippen molar-refractivity contribution in [1.29, 1.82) is 0 Å². The van der Waals surface area contributed by atoms with Crippen molar-refractivity contribution in [3.05, 3.63) is 81.5 Å². The van der Waals surface area contributed by atoms with Gasteiger partial charge >= 0.3 is 6.18 Å². The molecule has 5 heterocycles. The van der Waals surface area contributed by atoms with Crippen LogP contribution in [-0.4, -0.2) is 65.6 Å². The Morgan fingerprint density at radius 1 is 0.962 bits per heavy atom. The molecule has 0 aliphatic carbocycles. The minimum absolute atomic E-state index is 0.121. The Kier molecular flexibility index (Phi) is 10.4. The molecule has 0 saturated carbocycles. The van der Waals surface area contributed by atoms with E-state index in [1.807, 2.05) is 23.1 Å². The lowest BCUT2D eigenvalue weighted by Crippen LogP contribution is -2.47. The summed E-state index contributed by atoms with van der Waals surface area (Å²) in [6.07, 6.45) is 4.47. The lowest BCUT2D eigenvalue weighted by atomic mass is 9.78. The van der Waals surface area contributed by atoms with Gasteiger partial charge in [-0.3, -0.25) is 29.6 Å². The molecule has 280 valence electrons. The minimum Gasteiger partial charge on any atom is -0.496 e. The fourth-order valence-corrected chi connectivity index (χ4v) is 8.49. The molecule has 2 aromatic heterocycles. The molecular formula is C39H42ClF3N6O4. The molecule has 2 amide bonds. The number of imide groups is 1. The number of aromatic nitrogens is 2. The Hall–Kier alpha value is -4.62. The summed E-state index contributed by atoms with van der Waals surface area (Å²) in [5.41, 5.74) is 2.10. The summed E-state index contributed by atoms with van der Waals surface area (Å²) in [6.45, 7) is 3.46. The number of fused-ring (bicyclic) bond motifs is 1. The van der Waals surface area contributed by atoms with Gasteiger partial charge in [-0.05, 0) is 104 Å². The molecule has 0 radical (unpaired) electrons. The number of piperidine rings is 3. The highest BCUT2D eigenvalue weighted by Gasteiger charge is 2.38. The Balaban J connectivity index is 0.970. The van der Waals surface area contributed by atoms with Crippen LogP contribution in [0.25, 0.3) is 21.9 Å². The number of methoxy groups -OCH3 is 1. The zero-order valence-electron chi connectivity index (χ0n) is 29.6. The molecule has 7 rings (SSSR count).